The van der Waals surface area contributed by atoms with Crippen LogP contribution < -0.4 is 0 Å². The molecule has 0 spiro atoms. The molecule has 0 saturated heterocycles. The molecular formula is C16H29NO3. The van der Waals surface area contributed by atoms with Gasteiger partial charge in [0.2, 0.25) is 5.91 Å². The molecule has 0 atom stereocenters. The van der Waals surface area contributed by atoms with Gasteiger partial charge in [0.05, 0.1) is 6.42 Å². The summed E-state index contributed by atoms with van der Waals surface area (Å²) in [6, 6.07) is 0.174. The summed E-state index contributed by atoms with van der Waals surface area (Å²) in [6.45, 7) is 9.01. The van der Waals surface area contributed by atoms with E-state index in [4.69, 9.17) is 5.11 Å². The summed E-state index contributed by atoms with van der Waals surface area (Å²) >= 11 is 0. The minimum Gasteiger partial charge on any atom is -0.481 e. The number of rotatable bonds is 7. The van der Waals surface area contributed by atoms with E-state index in [0.717, 1.165) is 32.2 Å². The fourth-order valence-corrected chi connectivity index (χ4v) is 3.28. The van der Waals surface area contributed by atoms with Gasteiger partial charge in [0.15, 0.2) is 0 Å². The highest BCUT2D eigenvalue weighted by molar-refractivity contribution is 5.78. The Bertz CT molecular complexity index is 344. The largest absolute Gasteiger partial charge is 0.481 e. The average molecular weight is 283 g/mol. The first-order valence-electron chi connectivity index (χ1n) is 7.77. The maximum absolute atomic E-state index is 12.6. The second kappa shape index (κ2) is 7.09. The van der Waals surface area contributed by atoms with Crippen molar-refractivity contribution in [3.8, 4) is 0 Å². The van der Waals surface area contributed by atoms with Crippen LogP contribution in [0, 0.1) is 11.3 Å². The Balaban J connectivity index is 2.75. The van der Waals surface area contributed by atoms with E-state index in [2.05, 4.69) is 13.8 Å². The lowest BCUT2D eigenvalue weighted by Crippen LogP contribution is -2.42. The van der Waals surface area contributed by atoms with E-state index in [-0.39, 0.29) is 23.8 Å². The van der Waals surface area contributed by atoms with E-state index in [0.29, 0.717) is 12.3 Å². The molecular weight excluding hydrogens is 254 g/mol. The van der Waals surface area contributed by atoms with Gasteiger partial charge in [-0.3, -0.25) is 9.59 Å². The number of carbonyl (C=O) groups is 2. The molecule has 0 radical (unpaired) electrons. The van der Waals surface area contributed by atoms with Crippen molar-refractivity contribution in [3.05, 3.63) is 0 Å². The third-order valence-electron chi connectivity index (χ3n) is 4.22. The summed E-state index contributed by atoms with van der Waals surface area (Å²) in [6.07, 6.45) is 4.37. The molecule has 0 heterocycles. The number of aliphatic carboxylic acids is 1. The fourth-order valence-electron chi connectivity index (χ4n) is 3.28. The van der Waals surface area contributed by atoms with Gasteiger partial charge in [0, 0.05) is 19.0 Å². The molecule has 4 nitrogen and oxygen atoms in total. The maximum Gasteiger partial charge on any atom is 0.303 e. The smallest absolute Gasteiger partial charge is 0.303 e. The number of carboxylic acid groups (broad SMARTS) is 1. The topological polar surface area (TPSA) is 57.6 Å². The number of nitrogens with zero attached hydrogens (tertiary/aromatic N) is 1. The van der Waals surface area contributed by atoms with Crippen molar-refractivity contribution in [2.75, 3.05) is 6.54 Å². The van der Waals surface area contributed by atoms with Crippen LogP contribution in [0.1, 0.15) is 66.2 Å². The quantitative estimate of drug-likeness (QED) is 0.780. The standard InChI is InChI=1S/C16H29NO3/c1-12(2)11-17(13(3)4)14(18)9-16(10-15(19)20)7-5-6-8-16/h12-13H,5-11H2,1-4H3,(H,19,20). The molecule has 1 aliphatic rings. The van der Waals surface area contributed by atoms with E-state index in [1.807, 2.05) is 18.7 Å². The number of hydrogen-bond acceptors (Lipinski definition) is 2. The Morgan fingerprint density at radius 2 is 1.65 bits per heavy atom. The second-order valence-electron chi connectivity index (χ2n) is 6.99. The van der Waals surface area contributed by atoms with Crippen molar-refractivity contribution in [1.82, 2.24) is 4.90 Å². The zero-order valence-corrected chi connectivity index (χ0v) is 13.3. The van der Waals surface area contributed by atoms with Crippen LogP contribution in [0.2, 0.25) is 0 Å². The van der Waals surface area contributed by atoms with Crippen LogP contribution in [-0.4, -0.2) is 34.5 Å². The minimum absolute atomic E-state index is 0.122. The molecule has 1 aliphatic carbocycles. The lowest BCUT2D eigenvalue weighted by molar-refractivity contribution is -0.142. The Morgan fingerprint density at radius 3 is 2.05 bits per heavy atom. The van der Waals surface area contributed by atoms with E-state index in [1.165, 1.54) is 0 Å². The average Bonchev–Trinajstić information content (AvgIpc) is 2.72. The van der Waals surface area contributed by atoms with Crippen molar-refractivity contribution in [2.45, 2.75) is 72.3 Å². The summed E-state index contributed by atoms with van der Waals surface area (Å²) in [7, 11) is 0. The van der Waals surface area contributed by atoms with Gasteiger partial charge in [-0.2, -0.15) is 0 Å². The summed E-state index contributed by atoms with van der Waals surface area (Å²) in [5, 5.41) is 9.12. The molecule has 1 fully saturated rings. The monoisotopic (exact) mass is 283 g/mol. The third-order valence-corrected chi connectivity index (χ3v) is 4.22. The van der Waals surface area contributed by atoms with Gasteiger partial charge in [0.1, 0.15) is 0 Å². The molecule has 0 aromatic heterocycles. The molecule has 0 aliphatic heterocycles. The molecule has 1 rings (SSSR count). The zero-order chi connectivity index (χ0) is 15.3. The lowest BCUT2D eigenvalue weighted by atomic mass is 9.79. The van der Waals surface area contributed by atoms with Crippen LogP contribution in [0.3, 0.4) is 0 Å². The maximum atomic E-state index is 12.6. The molecule has 0 aromatic rings. The number of carboxylic acids is 1. The van der Waals surface area contributed by atoms with E-state index < -0.39 is 5.97 Å². The highest BCUT2D eigenvalue weighted by atomic mass is 16.4. The molecule has 1 amide bonds. The van der Waals surface area contributed by atoms with Gasteiger partial charge in [0.25, 0.3) is 0 Å². The molecule has 20 heavy (non-hydrogen) atoms. The summed E-state index contributed by atoms with van der Waals surface area (Å²) < 4.78 is 0. The molecule has 4 heteroatoms. The molecule has 0 unspecified atom stereocenters. The van der Waals surface area contributed by atoms with Gasteiger partial charge in [-0.05, 0) is 38.0 Å². The summed E-state index contributed by atoms with van der Waals surface area (Å²) in [5.74, 6) is -0.225. The molecule has 1 N–H and O–H groups in total. The van der Waals surface area contributed by atoms with Gasteiger partial charge in [-0.25, -0.2) is 0 Å². The van der Waals surface area contributed by atoms with Crippen molar-refractivity contribution in [2.24, 2.45) is 11.3 Å². The van der Waals surface area contributed by atoms with Gasteiger partial charge >= 0.3 is 5.97 Å². The number of amides is 1. The van der Waals surface area contributed by atoms with Crippen LogP contribution in [-0.2, 0) is 9.59 Å². The van der Waals surface area contributed by atoms with Crippen LogP contribution in [0.15, 0.2) is 0 Å². The second-order valence-corrected chi connectivity index (χ2v) is 6.99. The van der Waals surface area contributed by atoms with Crippen molar-refractivity contribution >= 4 is 11.9 Å². The van der Waals surface area contributed by atoms with Crippen LogP contribution >= 0.6 is 0 Å². The first kappa shape index (κ1) is 17.0. The van der Waals surface area contributed by atoms with E-state index >= 15 is 0 Å². The van der Waals surface area contributed by atoms with Gasteiger partial charge < -0.3 is 10.0 Å². The highest BCUT2D eigenvalue weighted by Crippen LogP contribution is 2.44. The summed E-state index contributed by atoms with van der Waals surface area (Å²) in [5.41, 5.74) is -0.299. The molecule has 1 saturated carbocycles. The highest BCUT2D eigenvalue weighted by Gasteiger charge is 2.39. The zero-order valence-electron chi connectivity index (χ0n) is 13.3. The SMILES string of the molecule is CC(C)CN(C(=O)CC1(CC(=O)O)CCCC1)C(C)C. The molecule has 0 bridgehead atoms. The lowest BCUT2D eigenvalue weighted by Gasteiger charge is -2.33. The van der Waals surface area contributed by atoms with Crippen LogP contribution in [0.4, 0.5) is 0 Å². The van der Waals surface area contributed by atoms with E-state index in [1.54, 1.807) is 0 Å². The first-order valence-corrected chi connectivity index (χ1v) is 7.77. The predicted octanol–water partition coefficient (Wildman–Crippen LogP) is 3.30. The van der Waals surface area contributed by atoms with Gasteiger partial charge in [-0.15, -0.1) is 0 Å². The normalized spacial score (nSPS) is 17.7. The third kappa shape index (κ3) is 4.80. The summed E-state index contributed by atoms with van der Waals surface area (Å²) in [4.78, 5) is 25.6. The van der Waals surface area contributed by atoms with E-state index in [9.17, 15) is 9.59 Å². The number of hydrogen-bond donors (Lipinski definition) is 1. The Labute approximate surface area is 122 Å². The Morgan fingerprint density at radius 1 is 1.10 bits per heavy atom. The first-order chi connectivity index (χ1) is 9.26. The fraction of sp³-hybridized carbons (Fsp3) is 0.875. The van der Waals surface area contributed by atoms with Crippen molar-refractivity contribution in [1.29, 1.82) is 0 Å². The van der Waals surface area contributed by atoms with Crippen LogP contribution in [0.5, 0.6) is 0 Å². The minimum atomic E-state index is -0.778. The van der Waals surface area contributed by atoms with Crippen LogP contribution in [0.25, 0.3) is 0 Å². The molecule has 116 valence electrons. The predicted molar refractivity (Wildman–Crippen MR) is 79.5 cm³/mol. The van der Waals surface area contributed by atoms with Crippen molar-refractivity contribution < 1.29 is 14.7 Å². The van der Waals surface area contributed by atoms with Crippen molar-refractivity contribution in [3.63, 3.8) is 0 Å². The Kier molecular flexibility index (Phi) is 6.03. The number of carbonyl (C=O) groups excluding carboxylic acids is 1. The molecule has 0 aromatic carbocycles. The Hall–Kier alpha value is -1.06. The van der Waals surface area contributed by atoms with Gasteiger partial charge in [-0.1, -0.05) is 26.7 Å².